The second kappa shape index (κ2) is 5.91. The maximum Gasteiger partial charge on any atom is 0.114 e. The molecule has 0 saturated heterocycles. The van der Waals surface area contributed by atoms with Gasteiger partial charge in [-0.2, -0.15) is 5.26 Å². The molecule has 1 aromatic heterocycles. The first-order valence-corrected chi connectivity index (χ1v) is 6.65. The van der Waals surface area contributed by atoms with Crippen LogP contribution in [0.25, 0.3) is 17.3 Å². The monoisotopic (exact) mass is 301 g/mol. The van der Waals surface area contributed by atoms with E-state index in [1.165, 1.54) is 0 Å². The largest absolute Gasteiger partial charge is 0.389 e. The number of halogens is 1. The van der Waals surface area contributed by atoms with Gasteiger partial charge in [0.05, 0.1) is 5.57 Å². The van der Waals surface area contributed by atoms with Gasteiger partial charge < -0.3 is 10.3 Å². The maximum absolute atomic E-state index is 9.00. The molecule has 2 aromatic rings. The van der Waals surface area contributed by atoms with Crippen LogP contribution in [0.2, 0.25) is 5.02 Å². The van der Waals surface area contributed by atoms with Crippen molar-refractivity contribution in [3.8, 4) is 17.3 Å². The first-order valence-electron chi connectivity index (χ1n) is 5.86. The van der Waals surface area contributed by atoms with E-state index in [2.05, 4.69) is 0 Å². The highest BCUT2D eigenvalue weighted by Gasteiger charge is 2.07. The number of rotatable bonds is 3. The van der Waals surface area contributed by atoms with Crippen LogP contribution in [0.4, 0.5) is 0 Å². The first-order chi connectivity index (χ1) is 9.52. The zero-order chi connectivity index (χ0) is 14.7. The van der Waals surface area contributed by atoms with Gasteiger partial charge in [0.1, 0.15) is 11.1 Å². The fourth-order valence-electron chi connectivity index (χ4n) is 1.92. The molecule has 2 N–H and O–H groups in total. The van der Waals surface area contributed by atoms with Gasteiger partial charge in [0, 0.05) is 23.5 Å². The molecule has 100 valence electrons. The Balaban J connectivity index is 2.47. The highest BCUT2D eigenvalue weighted by atomic mass is 35.5. The van der Waals surface area contributed by atoms with Gasteiger partial charge in [-0.15, -0.1) is 0 Å². The summed E-state index contributed by atoms with van der Waals surface area (Å²) in [6, 6.07) is 13.5. The van der Waals surface area contributed by atoms with Crippen molar-refractivity contribution in [1.29, 1.82) is 5.26 Å². The number of hydrogen-bond donors (Lipinski definition) is 1. The number of thiocarbonyl (C=S) groups is 1. The molecule has 0 aliphatic heterocycles. The van der Waals surface area contributed by atoms with Crippen LogP contribution in [0, 0.1) is 11.3 Å². The fraction of sp³-hybridized carbons (Fsp3) is 0.0667. The van der Waals surface area contributed by atoms with Crippen LogP contribution >= 0.6 is 23.8 Å². The third-order valence-electron chi connectivity index (χ3n) is 2.96. The minimum atomic E-state index is 0.0954. The van der Waals surface area contributed by atoms with E-state index in [4.69, 9.17) is 34.8 Å². The van der Waals surface area contributed by atoms with Crippen molar-refractivity contribution in [2.45, 2.75) is 0 Å². The molecule has 0 bridgehead atoms. The third kappa shape index (κ3) is 2.90. The summed E-state index contributed by atoms with van der Waals surface area (Å²) >= 11 is 10.8. The molecule has 1 aromatic carbocycles. The van der Waals surface area contributed by atoms with Crippen molar-refractivity contribution in [1.82, 2.24) is 4.57 Å². The Morgan fingerprint density at radius 3 is 2.75 bits per heavy atom. The molecular weight excluding hydrogens is 290 g/mol. The summed E-state index contributed by atoms with van der Waals surface area (Å²) in [5.74, 6) is 0. The highest BCUT2D eigenvalue weighted by Crippen LogP contribution is 2.25. The lowest BCUT2D eigenvalue weighted by Gasteiger charge is -2.06. The van der Waals surface area contributed by atoms with Crippen LogP contribution in [0.3, 0.4) is 0 Å². The SMILES string of the molecule is Cn1c(/C=C(/C#N)C(N)=S)ccc1-c1cccc(Cl)c1. The van der Waals surface area contributed by atoms with E-state index in [9.17, 15) is 0 Å². The molecule has 0 radical (unpaired) electrons. The van der Waals surface area contributed by atoms with E-state index >= 15 is 0 Å². The normalized spacial score (nSPS) is 11.2. The molecule has 0 fully saturated rings. The van der Waals surface area contributed by atoms with Crippen LogP contribution in [-0.4, -0.2) is 9.56 Å². The molecule has 3 nitrogen and oxygen atoms in total. The molecule has 5 heteroatoms. The smallest absolute Gasteiger partial charge is 0.114 e. The molecule has 0 amide bonds. The maximum atomic E-state index is 9.00. The number of hydrogen-bond acceptors (Lipinski definition) is 2. The van der Waals surface area contributed by atoms with Gasteiger partial charge >= 0.3 is 0 Å². The zero-order valence-corrected chi connectivity index (χ0v) is 12.4. The average Bonchev–Trinajstić information content (AvgIpc) is 2.77. The topological polar surface area (TPSA) is 54.7 Å². The minimum Gasteiger partial charge on any atom is -0.389 e. The number of benzene rings is 1. The number of nitriles is 1. The first kappa shape index (κ1) is 14.3. The van der Waals surface area contributed by atoms with Gasteiger partial charge in [0.15, 0.2) is 0 Å². The molecule has 0 spiro atoms. The zero-order valence-electron chi connectivity index (χ0n) is 10.8. The molecule has 0 saturated carbocycles. The Morgan fingerprint density at radius 1 is 1.40 bits per heavy atom. The fourth-order valence-corrected chi connectivity index (χ4v) is 2.21. The summed E-state index contributed by atoms with van der Waals surface area (Å²) in [5.41, 5.74) is 8.65. The molecular formula is C15H12ClN3S. The van der Waals surface area contributed by atoms with Crippen molar-refractivity contribution >= 4 is 34.9 Å². The minimum absolute atomic E-state index is 0.0954. The highest BCUT2D eigenvalue weighted by molar-refractivity contribution is 7.80. The second-order valence-corrected chi connectivity index (χ2v) is 5.12. The summed E-state index contributed by atoms with van der Waals surface area (Å²) in [6.07, 6.45) is 1.68. The van der Waals surface area contributed by atoms with E-state index in [0.29, 0.717) is 10.6 Å². The van der Waals surface area contributed by atoms with E-state index < -0.39 is 0 Å². The Hall–Kier alpha value is -2.09. The van der Waals surface area contributed by atoms with Crippen LogP contribution in [0.15, 0.2) is 42.0 Å². The Kier molecular flexibility index (Phi) is 4.23. The van der Waals surface area contributed by atoms with E-state index in [0.717, 1.165) is 17.0 Å². The van der Waals surface area contributed by atoms with E-state index in [1.54, 1.807) is 6.08 Å². The quantitative estimate of drug-likeness (QED) is 0.536. The van der Waals surface area contributed by atoms with E-state index in [1.807, 2.05) is 54.1 Å². The summed E-state index contributed by atoms with van der Waals surface area (Å²) in [7, 11) is 1.91. The number of aromatic nitrogens is 1. The van der Waals surface area contributed by atoms with Crippen LogP contribution in [0.1, 0.15) is 5.69 Å². The summed E-state index contributed by atoms with van der Waals surface area (Å²) in [4.78, 5) is 0.0954. The van der Waals surface area contributed by atoms with Gasteiger partial charge in [0.2, 0.25) is 0 Å². The Bertz CT molecular complexity index is 738. The lowest BCUT2D eigenvalue weighted by Crippen LogP contribution is -2.10. The third-order valence-corrected chi connectivity index (χ3v) is 3.41. The Morgan fingerprint density at radius 2 is 2.15 bits per heavy atom. The van der Waals surface area contributed by atoms with Crippen molar-refractivity contribution < 1.29 is 0 Å². The predicted molar refractivity (Wildman–Crippen MR) is 86.2 cm³/mol. The van der Waals surface area contributed by atoms with Crippen molar-refractivity contribution in [2.75, 3.05) is 0 Å². The summed E-state index contributed by atoms with van der Waals surface area (Å²) in [5, 5.41) is 9.68. The standard InChI is InChI=1S/C15H12ClN3S/c1-19-13(8-11(9-17)15(18)20)5-6-14(19)10-3-2-4-12(16)7-10/h2-8H,1H3,(H2,18,20)/b11-8-. The molecule has 1 heterocycles. The predicted octanol–water partition coefficient (Wildman–Crippen LogP) is 3.54. The summed E-state index contributed by atoms with van der Waals surface area (Å²) < 4.78 is 1.96. The summed E-state index contributed by atoms with van der Waals surface area (Å²) in [6.45, 7) is 0. The molecule has 0 unspecified atom stereocenters. The van der Waals surface area contributed by atoms with Gasteiger partial charge in [-0.1, -0.05) is 36.0 Å². The van der Waals surface area contributed by atoms with Crippen LogP contribution in [0.5, 0.6) is 0 Å². The van der Waals surface area contributed by atoms with Gasteiger partial charge in [0.25, 0.3) is 0 Å². The lowest BCUT2D eigenvalue weighted by molar-refractivity contribution is 0.924. The molecule has 0 aliphatic carbocycles. The second-order valence-electron chi connectivity index (χ2n) is 4.25. The Labute approximate surface area is 127 Å². The van der Waals surface area contributed by atoms with Crippen LogP contribution in [-0.2, 0) is 7.05 Å². The molecule has 0 aliphatic rings. The lowest BCUT2D eigenvalue weighted by atomic mass is 10.1. The van der Waals surface area contributed by atoms with Crippen molar-refractivity contribution in [3.63, 3.8) is 0 Å². The molecule has 2 rings (SSSR count). The molecule has 0 atom stereocenters. The van der Waals surface area contributed by atoms with Crippen molar-refractivity contribution in [3.05, 3.63) is 52.7 Å². The van der Waals surface area contributed by atoms with Gasteiger partial charge in [-0.3, -0.25) is 0 Å². The number of nitrogens with zero attached hydrogens (tertiary/aromatic N) is 2. The van der Waals surface area contributed by atoms with Gasteiger partial charge in [-0.25, -0.2) is 0 Å². The van der Waals surface area contributed by atoms with Gasteiger partial charge in [-0.05, 0) is 35.9 Å². The average molecular weight is 302 g/mol. The number of nitrogens with two attached hydrogens (primary N) is 1. The van der Waals surface area contributed by atoms with E-state index in [-0.39, 0.29) is 4.99 Å². The molecule has 20 heavy (non-hydrogen) atoms. The van der Waals surface area contributed by atoms with Crippen LogP contribution < -0.4 is 5.73 Å². The van der Waals surface area contributed by atoms with Crippen molar-refractivity contribution in [2.24, 2.45) is 12.8 Å².